The van der Waals surface area contributed by atoms with Crippen LogP contribution in [0.4, 0.5) is 0 Å². The van der Waals surface area contributed by atoms with Crippen molar-refractivity contribution in [3.8, 4) is 5.88 Å². The minimum atomic E-state index is -0.839. The molecular weight excluding hydrogens is 622 g/mol. The average molecular weight is 672 g/mol. The van der Waals surface area contributed by atoms with Gasteiger partial charge < -0.3 is 25.0 Å². The third-order valence-corrected chi connectivity index (χ3v) is 10.2. The monoisotopic (exact) mass is 671 g/mol. The summed E-state index contributed by atoms with van der Waals surface area (Å²) in [6.45, 7) is 7.78. The first-order valence-electron chi connectivity index (χ1n) is 18.1. The van der Waals surface area contributed by atoms with Gasteiger partial charge in [-0.2, -0.15) is 0 Å². The Labute approximate surface area is 295 Å². The summed E-state index contributed by atoms with van der Waals surface area (Å²) in [6, 6.07) is 27.7. The van der Waals surface area contributed by atoms with Crippen LogP contribution in [0.1, 0.15) is 85.1 Å². The van der Waals surface area contributed by atoms with Crippen molar-refractivity contribution in [3.63, 3.8) is 0 Å². The highest BCUT2D eigenvalue weighted by atomic mass is 16.5. The molecule has 2 aromatic heterocycles. The molecule has 1 aliphatic carbocycles. The summed E-state index contributed by atoms with van der Waals surface area (Å²) in [5.41, 5.74) is 6.78. The number of ether oxygens (including phenoxy) is 1. The van der Waals surface area contributed by atoms with Gasteiger partial charge >= 0.3 is 0 Å². The number of aliphatic hydroxyl groups excluding tert-OH is 1. The molecule has 0 bridgehead atoms. The van der Waals surface area contributed by atoms with Crippen LogP contribution in [0.2, 0.25) is 0 Å². The van der Waals surface area contributed by atoms with E-state index in [1.807, 2.05) is 79.3 Å². The van der Waals surface area contributed by atoms with Crippen LogP contribution in [0.3, 0.4) is 0 Å². The molecule has 5 aromatic rings. The van der Waals surface area contributed by atoms with Crippen LogP contribution in [-0.4, -0.2) is 49.8 Å². The molecule has 2 aliphatic rings. The Bertz CT molecular complexity index is 1910. The number of nitrogens with one attached hydrogen (secondary N) is 2. The summed E-state index contributed by atoms with van der Waals surface area (Å²) in [5.74, 6) is 0.483. The Morgan fingerprint density at radius 3 is 2.42 bits per heavy atom. The minimum Gasteiger partial charge on any atom is -0.471 e. The van der Waals surface area contributed by atoms with Crippen LogP contribution >= 0.6 is 0 Å². The Kier molecular flexibility index (Phi) is 9.76. The van der Waals surface area contributed by atoms with E-state index in [1.54, 1.807) is 0 Å². The van der Waals surface area contributed by atoms with Gasteiger partial charge in [-0.05, 0) is 84.9 Å². The lowest BCUT2D eigenvalue weighted by Crippen LogP contribution is -2.52. The number of aryl methyl sites for hydroxylation is 2. The molecule has 3 N–H and O–H groups in total. The number of hydrogen-bond acceptors (Lipinski definition) is 6. The van der Waals surface area contributed by atoms with Crippen LogP contribution in [0.15, 0.2) is 97.5 Å². The fourth-order valence-electron chi connectivity index (χ4n) is 7.43. The van der Waals surface area contributed by atoms with Crippen molar-refractivity contribution in [2.75, 3.05) is 6.54 Å². The van der Waals surface area contributed by atoms with Crippen LogP contribution in [0.5, 0.6) is 5.88 Å². The number of nitrogens with zero attached hydrogens (tertiary/aromatic N) is 3. The average Bonchev–Trinajstić information content (AvgIpc) is 3.51. The molecule has 1 amide bonds. The molecule has 0 saturated heterocycles. The van der Waals surface area contributed by atoms with Crippen molar-refractivity contribution in [1.29, 1.82) is 0 Å². The maximum absolute atomic E-state index is 13.9. The van der Waals surface area contributed by atoms with Crippen molar-refractivity contribution in [2.45, 2.75) is 96.1 Å². The molecule has 50 heavy (non-hydrogen) atoms. The Morgan fingerprint density at radius 1 is 0.980 bits per heavy atom. The number of benzene rings is 3. The Balaban J connectivity index is 1.08. The van der Waals surface area contributed by atoms with E-state index in [9.17, 15) is 9.90 Å². The van der Waals surface area contributed by atoms with Crippen molar-refractivity contribution in [1.82, 2.24) is 25.2 Å². The van der Waals surface area contributed by atoms with Gasteiger partial charge in [-0.3, -0.25) is 4.79 Å². The summed E-state index contributed by atoms with van der Waals surface area (Å²) < 4.78 is 8.60. The van der Waals surface area contributed by atoms with Crippen molar-refractivity contribution >= 4 is 16.9 Å². The van der Waals surface area contributed by atoms with Gasteiger partial charge in [0.25, 0.3) is 5.91 Å². The molecule has 3 atom stereocenters. The zero-order chi connectivity index (χ0) is 34.7. The fourth-order valence-corrected chi connectivity index (χ4v) is 7.43. The molecule has 7 rings (SSSR count). The third-order valence-electron chi connectivity index (χ3n) is 10.2. The van der Waals surface area contributed by atoms with E-state index in [-0.39, 0.29) is 23.0 Å². The first-order valence-corrected chi connectivity index (χ1v) is 18.1. The molecule has 8 nitrogen and oxygen atoms in total. The number of rotatable bonds is 12. The number of aromatic nitrogens is 3. The van der Waals surface area contributed by atoms with Gasteiger partial charge in [-0.1, -0.05) is 81.4 Å². The second kappa shape index (κ2) is 14.4. The van der Waals surface area contributed by atoms with E-state index in [0.717, 1.165) is 67.2 Å². The van der Waals surface area contributed by atoms with E-state index in [4.69, 9.17) is 9.72 Å². The smallest absolute Gasteiger partial charge is 0.251 e. The molecule has 8 heteroatoms. The fraction of sp³-hybridized carbons (Fsp3) is 0.405. The number of aliphatic hydroxyl groups is 1. The molecule has 1 aliphatic heterocycles. The molecule has 0 unspecified atom stereocenters. The van der Waals surface area contributed by atoms with E-state index in [1.165, 1.54) is 11.1 Å². The maximum Gasteiger partial charge on any atom is 0.251 e. The first-order chi connectivity index (χ1) is 24.1. The largest absolute Gasteiger partial charge is 0.471 e. The number of carbonyl (C=O) groups excluding carboxylic acids is 1. The molecule has 1 spiro atoms. The predicted molar refractivity (Wildman–Crippen MR) is 197 cm³/mol. The normalized spacial score (nSPS) is 17.8. The third kappa shape index (κ3) is 7.92. The number of pyridine rings is 1. The second-order valence-electron chi connectivity index (χ2n) is 15.5. The molecule has 3 heterocycles. The van der Waals surface area contributed by atoms with Gasteiger partial charge in [0.05, 0.1) is 29.5 Å². The highest BCUT2D eigenvalue weighted by molar-refractivity contribution is 5.97. The highest BCUT2D eigenvalue weighted by Gasteiger charge is 2.46. The lowest BCUT2D eigenvalue weighted by Gasteiger charge is -2.47. The molecule has 1 fully saturated rings. The molecule has 1 saturated carbocycles. The first kappa shape index (κ1) is 33.9. The zero-order valence-electron chi connectivity index (χ0n) is 29.4. The van der Waals surface area contributed by atoms with E-state index < -0.39 is 12.1 Å². The Hall–Kier alpha value is -4.53. The van der Waals surface area contributed by atoms with E-state index in [0.29, 0.717) is 24.4 Å². The number of carbonyl (C=O) groups is 1. The summed E-state index contributed by atoms with van der Waals surface area (Å²) in [6.07, 6.45) is 9.25. The van der Waals surface area contributed by atoms with E-state index in [2.05, 4.69) is 59.2 Å². The summed E-state index contributed by atoms with van der Waals surface area (Å²) >= 11 is 0. The van der Waals surface area contributed by atoms with Crippen LogP contribution in [0, 0.1) is 5.41 Å². The molecule has 260 valence electrons. The lowest BCUT2D eigenvalue weighted by atomic mass is 9.73. The minimum absolute atomic E-state index is 0.00669. The number of amides is 1. The standard InChI is InChI=1S/C42H49N5O3/c1-41(2,3)24-31-21-33-36(25-42(18-10-19-42)50-40(33)44-26-31)43-27-38(48)35(22-30-13-8-5-9-14-30)46-39(49)32-15-16-34-37(23-32)47(28-45-34)20-17-29-11-6-4-7-12-29/h4-9,11-16,21,23,26,28,35-36,38,43,48H,10,17-20,22,24-25,27H2,1-3H3,(H,46,49)/t35-,36-,38-/m0/s1. The van der Waals surface area contributed by atoms with Gasteiger partial charge in [0, 0.05) is 42.9 Å². The van der Waals surface area contributed by atoms with Crippen molar-refractivity contribution in [2.24, 2.45) is 5.41 Å². The molecule has 0 radical (unpaired) electrons. The maximum atomic E-state index is 13.9. The van der Waals surface area contributed by atoms with Crippen LogP contribution in [-0.2, 0) is 25.8 Å². The molecular formula is C42H49N5O3. The Morgan fingerprint density at radius 2 is 1.72 bits per heavy atom. The van der Waals surface area contributed by atoms with Gasteiger partial charge in [-0.25, -0.2) is 9.97 Å². The number of imidazole rings is 1. The van der Waals surface area contributed by atoms with Crippen molar-refractivity contribution in [3.05, 3.63) is 125 Å². The van der Waals surface area contributed by atoms with Gasteiger partial charge in [0.1, 0.15) is 5.60 Å². The van der Waals surface area contributed by atoms with Gasteiger partial charge in [0.2, 0.25) is 5.88 Å². The highest BCUT2D eigenvalue weighted by Crippen LogP contribution is 2.48. The number of hydrogen-bond donors (Lipinski definition) is 3. The zero-order valence-corrected chi connectivity index (χ0v) is 29.4. The quantitative estimate of drug-likeness (QED) is 0.132. The second-order valence-corrected chi connectivity index (χ2v) is 15.5. The van der Waals surface area contributed by atoms with E-state index >= 15 is 0 Å². The predicted octanol–water partition coefficient (Wildman–Crippen LogP) is 7.00. The lowest BCUT2D eigenvalue weighted by molar-refractivity contribution is -0.0421. The van der Waals surface area contributed by atoms with Crippen LogP contribution in [0.25, 0.3) is 11.0 Å². The summed E-state index contributed by atoms with van der Waals surface area (Å²) in [4.78, 5) is 23.2. The summed E-state index contributed by atoms with van der Waals surface area (Å²) in [5, 5.41) is 18.7. The van der Waals surface area contributed by atoms with Crippen LogP contribution < -0.4 is 15.4 Å². The van der Waals surface area contributed by atoms with Gasteiger partial charge in [-0.15, -0.1) is 0 Å². The van der Waals surface area contributed by atoms with Gasteiger partial charge in [0.15, 0.2) is 0 Å². The number of fused-ring (bicyclic) bond motifs is 2. The topological polar surface area (TPSA) is 101 Å². The molecule has 3 aromatic carbocycles. The van der Waals surface area contributed by atoms with Crippen molar-refractivity contribution < 1.29 is 14.6 Å². The SMILES string of the molecule is CC(C)(C)Cc1cnc2c(c1)[C@@H](NC[C@H](O)[C@H](Cc1ccccc1)NC(=O)c1ccc3ncn(CCc4ccccc4)c3c1)CC1(CCC1)O2. The summed E-state index contributed by atoms with van der Waals surface area (Å²) in [7, 11) is 0.